The van der Waals surface area contributed by atoms with Gasteiger partial charge in [-0.15, -0.1) is 0 Å². The van der Waals surface area contributed by atoms with Crippen LogP contribution in [0.1, 0.15) is 43.3 Å². The molecule has 5 heteroatoms. The Bertz CT molecular complexity index is 356. The summed E-state index contributed by atoms with van der Waals surface area (Å²) in [5.41, 5.74) is 0. The molecule has 5 nitrogen and oxygen atoms in total. The second kappa shape index (κ2) is 5.14. The van der Waals surface area contributed by atoms with Crippen LogP contribution < -0.4 is 5.32 Å². The molecule has 0 unspecified atom stereocenters. The van der Waals surface area contributed by atoms with Crippen LogP contribution in [0.4, 0.5) is 0 Å². The van der Waals surface area contributed by atoms with Gasteiger partial charge >= 0.3 is 0 Å². The zero-order valence-corrected chi connectivity index (χ0v) is 10.0. The van der Waals surface area contributed by atoms with E-state index in [9.17, 15) is 0 Å². The third kappa shape index (κ3) is 3.04. The molecule has 1 N–H and O–H groups in total. The predicted molar refractivity (Wildman–Crippen MR) is 61.8 cm³/mol. The van der Waals surface area contributed by atoms with Crippen LogP contribution in [0.5, 0.6) is 0 Å². The second-order valence-electron chi connectivity index (χ2n) is 4.94. The predicted octanol–water partition coefficient (Wildman–Crippen LogP) is 1.26. The van der Waals surface area contributed by atoms with E-state index in [2.05, 4.69) is 15.5 Å². The summed E-state index contributed by atoms with van der Waals surface area (Å²) in [6.45, 7) is 2.63. The summed E-state index contributed by atoms with van der Waals surface area (Å²) >= 11 is 0. The summed E-state index contributed by atoms with van der Waals surface area (Å²) in [6.07, 6.45) is 5.62. The van der Waals surface area contributed by atoms with Gasteiger partial charge in [0, 0.05) is 31.5 Å². The van der Waals surface area contributed by atoms with Crippen LogP contribution in [0, 0.1) is 0 Å². The molecule has 1 atom stereocenters. The molecule has 3 rings (SSSR count). The van der Waals surface area contributed by atoms with Gasteiger partial charge in [-0.25, -0.2) is 0 Å². The Hall–Kier alpha value is -0.940. The molecule has 1 saturated heterocycles. The molecule has 1 saturated carbocycles. The fourth-order valence-electron chi connectivity index (χ4n) is 2.16. The van der Waals surface area contributed by atoms with Crippen molar-refractivity contribution in [2.24, 2.45) is 0 Å². The van der Waals surface area contributed by atoms with Crippen LogP contribution >= 0.6 is 0 Å². The lowest BCUT2D eigenvalue weighted by Crippen LogP contribution is -2.37. The van der Waals surface area contributed by atoms with Crippen LogP contribution in [0.2, 0.25) is 0 Å². The van der Waals surface area contributed by atoms with Gasteiger partial charge < -0.3 is 14.6 Å². The average Bonchev–Trinajstić information content (AvgIpc) is 3.11. The lowest BCUT2D eigenvalue weighted by Gasteiger charge is -2.22. The number of rotatable bonds is 5. The Morgan fingerprint density at radius 3 is 3.00 bits per heavy atom. The number of nitrogens with zero attached hydrogens (tertiary/aromatic N) is 2. The van der Waals surface area contributed by atoms with E-state index in [0.29, 0.717) is 12.0 Å². The molecule has 2 aliphatic rings. The molecule has 0 amide bonds. The maximum atomic E-state index is 5.41. The molecule has 2 fully saturated rings. The topological polar surface area (TPSA) is 60.2 Å². The first-order valence-electron chi connectivity index (χ1n) is 6.55. The van der Waals surface area contributed by atoms with E-state index < -0.39 is 0 Å². The van der Waals surface area contributed by atoms with Crippen molar-refractivity contribution in [2.75, 3.05) is 19.8 Å². The molecule has 0 aromatic carbocycles. The zero-order chi connectivity index (χ0) is 11.5. The molecule has 1 aromatic rings. The van der Waals surface area contributed by atoms with Gasteiger partial charge in [-0.05, 0) is 25.7 Å². The minimum atomic E-state index is 0.495. The normalized spacial score (nSPS) is 25.1. The molecule has 1 aliphatic heterocycles. The summed E-state index contributed by atoms with van der Waals surface area (Å²) in [7, 11) is 0. The highest BCUT2D eigenvalue weighted by molar-refractivity contribution is 5.03. The minimum Gasteiger partial charge on any atom is -0.380 e. The SMILES string of the molecule is C1COC[C@@H](NCCc2nc(C3CC3)no2)C1. The van der Waals surface area contributed by atoms with Crippen molar-refractivity contribution >= 4 is 0 Å². The van der Waals surface area contributed by atoms with Gasteiger partial charge in [0.05, 0.1) is 6.61 Å². The molecule has 0 radical (unpaired) electrons. The molecule has 17 heavy (non-hydrogen) atoms. The van der Waals surface area contributed by atoms with E-state index in [0.717, 1.165) is 44.3 Å². The summed E-state index contributed by atoms with van der Waals surface area (Å²) in [6, 6.07) is 0.495. The average molecular weight is 237 g/mol. The van der Waals surface area contributed by atoms with E-state index in [-0.39, 0.29) is 0 Å². The van der Waals surface area contributed by atoms with Gasteiger partial charge in [-0.2, -0.15) is 4.98 Å². The van der Waals surface area contributed by atoms with Crippen molar-refractivity contribution in [2.45, 2.75) is 44.1 Å². The van der Waals surface area contributed by atoms with Crippen molar-refractivity contribution < 1.29 is 9.26 Å². The Kier molecular flexibility index (Phi) is 3.38. The van der Waals surface area contributed by atoms with Gasteiger partial charge in [0.2, 0.25) is 5.89 Å². The molecule has 2 heterocycles. The van der Waals surface area contributed by atoms with E-state index in [1.54, 1.807) is 0 Å². The summed E-state index contributed by atoms with van der Waals surface area (Å²) in [5, 5.41) is 7.48. The van der Waals surface area contributed by atoms with E-state index in [4.69, 9.17) is 9.26 Å². The largest absolute Gasteiger partial charge is 0.380 e. The minimum absolute atomic E-state index is 0.495. The standard InChI is InChI=1S/C12H19N3O2/c1-2-10(8-16-7-1)13-6-5-11-14-12(15-17-11)9-3-4-9/h9-10,13H,1-8H2/t10-/m0/s1. The second-order valence-corrected chi connectivity index (χ2v) is 4.94. The van der Waals surface area contributed by atoms with Crippen LogP contribution in [0.15, 0.2) is 4.52 Å². The van der Waals surface area contributed by atoms with Gasteiger partial charge in [0.1, 0.15) is 0 Å². The summed E-state index contributed by atoms with van der Waals surface area (Å²) in [4.78, 5) is 4.41. The maximum Gasteiger partial charge on any atom is 0.227 e. The van der Waals surface area contributed by atoms with Gasteiger partial charge in [-0.1, -0.05) is 5.16 Å². The molecule has 0 bridgehead atoms. The van der Waals surface area contributed by atoms with Crippen LogP contribution in [0.25, 0.3) is 0 Å². The van der Waals surface area contributed by atoms with Crippen LogP contribution in [-0.2, 0) is 11.2 Å². The van der Waals surface area contributed by atoms with E-state index >= 15 is 0 Å². The number of hydrogen-bond donors (Lipinski definition) is 1. The van der Waals surface area contributed by atoms with Crippen LogP contribution in [-0.4, -0.2) is 35.9 Å². The van der Waals surface area contributed by atoms with Gasteiger partial charge in [0.15, 0.2) is 5.82 Å². The highest BCUT2D eigenvalue weighted by Gasteiger charge is 2.28. The maximum absolute atomic E-state index is 5.41. The van der Waals surface area contributed by atoms with Crippen LogP contribution in [0.3, 0.4) is 0 Å². The first-order chi connectivity index (χ1) is 8.42. The monoisotopic (exact) mass is 237 g/mol. The lowest BCUT2D eigenvalue weighted by atomic mass is 10.1. The van der Waals surface area contributed by atoms with Crippen molar-refractivity contribution in [1.82, 2.24) is 15.5 Å². The first kappa shape index (κ1) is 11.2. The Labute approximate surface area is 101 Å². The number of nitrogens with one attached hydrogen (secondary N) is 1. The third-order valence-corrected chi connectivity index (χ3v) is 3.36. The Balaban J connectivity index is 1.40. The Morgan fingerprint density at radius 1 is 1.29 bits per heavy atom. The number of aromatic nitrogens is 2. The Morgan fingerprint density at radius 2 is 2.24 bits per heavy atom. The zero-order valence-electron chi connectivity index (χ0n) is 10.0. The van der Waals surface area contributed by atoms with E-state index in [1.807, 2.05) is 0 Å². The summed E-state index contributed by atoms with van der Waals surface area (Å²) in [5.74, 6) is 2.24. The fraction of sp³-hybridized carbons (Fsp3) is 0.833. The molecular weight excluding hydrogens is 218 g/mol. The number of ether oxygens (including phenoxy) is 1. The van der Waals surface area contributed by atoms with Crippen molar-refractivity contribution in [3.8, 4) is 0 Å². The van der Waals surface area contributed by atoms with Crippen molar-refractivity contribution in [3.05, 3.63) is 11.7 Å². The molecule has 1 aliphatic carbocycles. The first-order valence-corrected chi connectivity index (χ1v) is 6.55. The molecular formula is C12H19N3O2. The third-order valence-electron chi connectivity index (χ3n) is 3.36. The smallest absolute Gasteiger partial charge is 0.227 e. The summed E-state index contributed by atoms with van der Waals surface area (Å²) < 4.78 is 10.6. The molecule has 94 valence electrons. The van der Waals surface area contributed by atoms with Gasteiger partial charge in [0.25, 0.3) is 0 Å². The lowest BCUT2D eigenvalue weighted by molar-refractivity contribution is 0.0705. The van der Waals surface area contributed by atoms with Crippen molar-refractivity contribution in [1.29, 1.82) is 0 Å². The van der Waals surface area contributed by atoms with Gasteiger partial charge in [-0.3, -0.25) is 0 Å². The molecule has 1 aromatic heterocycles. The molecule has 0 spiro atoms. The van der Waals surface area contributed by atoms with E-state index in [1.165, 1.54) is 19.3 Å². The quantitative estimate of drug-likeness (QED) is 0.835. The van der Waals surface area contributed by atoms with Crippen molar-refractivity contribution in [3.63, 3.8) is 0 Å². The highest BCUT2D eigenvalue weighted by atomic mass is 16.5. The number of hydrogen-bond acceptors (Lipinski definition) is 5. The highest BCUT2D eigenvalue weighted by Crippen LogP contribution is 2.38. The fourth-order valence-corrected chi connectivity index (χ4v) is 2.16.